The van der Waals surface area contributed by atoms with E-state index in [9.17, 15) is 18.0 Å². The van der Waals surface area contributed by atoms with Gasteiger partial charge in [0.15, 0.2) is 10.8 Å². The predicted molar refractivity (Wildman–Crippen MR) is 130 cm³/mol. The van der Waals surface area contributed by atoms with E-state index in [-0.39, 0.29) is 31.6 Å². The Hall–Kier alpha value is -3.81. The lowest BCUT2D eigenvalue weighted by Gasteiger charge is -2.35. The number of aromatic nitrogens is 7. The number of thiazole rings is 1. The van der Waals surface area contributed by atoms with Gasteiger partial charge in [-0.2, -0.15) is 18.3 Å². The Morgan fingerprint density at radius 3 is 2.62 bits per heavy atom. The maximum atomic E-state index is 13.2. The Balaban J connectivity index is 1.27. The van der Waals surface area contributed by atoms with Crippen molar-refractivity contribution >= 4 is 28.7 Å². The number of alkyl halides is 3. The second kappa shape index (κ2) is 9.25. The largest absolute Gasteiger partial charge is 0.391 e. The number of carbonyl (C=O) groups excluding carboxylic acids is 1. The van der Waals surface area contributed by atoms with Crippen molar-refractivity contribution in [3.63, 3.8) is 0 Å². The molecule has 4 aromatic rings. The van der Waals surface area contributed by atoms with Crippen molar-refractivity contribution in [1.82, 2.24) is 34.7 Å². The second-order valence-corrected chi connectivity index (χ2v) is 10.0. The molecule has 1 amide bonds. The van der Waals surface area contributed by atoms with Crippen molar-refractivity contribution < 1.29 is 18.0 Å². The van der Waals surface area contributed by atoms with Gasteiger partial charge in [0.1, 0.15) is 17.8 Å². The van der Waals surface area contributed by atoms with Crippen LogP contribution in [0.15, 0.2) is 36.5 Å². The summed E-state index contributed by atoms with van der Waals surface area (Å²) in [5, 5.41) is 11.5. The SMILES string of the molecule is O=C(Nc1csc(-c2ncn[nH]2)n1)c1cc(-n2cnc(C3CC3)c2)c(N2CCC(C(F)(F)F)CC2)cn1. The van der Waals surface area contributed by atoms with E-state index < -0.39 is 18.0 Å². The molecule has 4 aromatic heterocycles. The number of nitrogens with one attached hydrogen (secondary N) is 2. The molecule has 0 radical (unpaired) electrons. The fourth-order valence-corrected chi connectivity index (χ4v) is 5.14. The first-order valence-electron chi connectivity index (χ1n) is 11.8. The average molecular weight is 530 g/mol. The van der Waals surface area contributed by atoms with Gasteiger partial charge in [-0.15, -0.1) is 11.3 Å². The molecule has 0 unspecified atom stereocenters. The number of rotatable bonds is 6. The number of aromatic amines is 1. The van der Waals surface area contributed by atoms with Crippen molar-refractivity contribution in [3.05, 3.63) is 47.9 Å². The minimum absolute atomic E-state index is 0.0137. The Morgan fingerprint density at radius 2 is 1.92 bits per heavy atom. The summed E-state index contributed by atoms with van der Waals surface area (Å²) in [5.41, 5.74) is 2.43. The number of carbonyl (C=O) groups is 1. The molecule has 1 saturated heterocycles. The van der Waals surface area contributed by atoms with E-state index >= 15 is 0 Å². The second-order valence-electron chi connectivity index (χ2n) is 9.17. The lowest BCUT2D eigenvalue weighted by molar-refractivity contribution is -0.179. The van der Waals surface area contributed by atoms with Crippen LogP contribution in [0.2, 0.25) is 0 Å². The first kappa shape index (κ1) is 23.6. The minimum atomic E-state index is -4.19. The number of imidazole rings is 1. The van der Waals surface area contributed by atoms with Crippen molar-refractivity contribution in [3.8, 4) is 16.5 Å². The van der Waals surface area contributed by atoms with Gasteiger partial charge in [0.05, 0.1) is 35.5 Å². The lowest BCUT2D eigenvalue weighted by Crippen LogP contribution is -2.39. The average Bonchev–Trinajstić information content (AvgIpc) is 3.28. The van der Waals surface area contributed by atoms with Crippen molar-refractivity contribution in [2.75, 3.05) is 23.3 Å². The number of piperidine rings is 1. The third kappa shape index (κ3) is 4.92. The van der Waals surface area contributed by atoms with Crippen LogP contribution >= 0.6 is 11.3 Å². The molecule has 6 rings (SSSR count). The minimum Gasteiger partial charge on any atom is -0.369 e. The van der Waals surface area contributed by atoms with Crippen molar-refractivity contribution in [2.45, 2.75) is 37.8 Å². The van der Waals surface area contributed by atoms with Crippen LogP contribution < -0.4 is 10.2 Å². The van der Waals surface area contributed by atoms with E-state index in [4.69, 9.17) is 0 Å². The summed E-state index contributed by atoms with van der Waals surface area (Å²) in [6.07, 6.45) is 4.53. The number of hydrogen-bond acceptors (Lipinski definition) is 8. The zero-order valence-corrected chi connectivity index (χ0v) is 20.3. The molecule has 2 N–H and O–H groups in total. The van der Waals surface area contributed by atoms with Gasteiger partial charge in [-0.3, -0.25) is 9.89 Å². The molecular formula is C23H22F3N9OS. The van der Waals surface area contributed by atoms with Crippen LogP contribution in [0, 0.1) is 5.92 Å². The summed E-state index contributed by atoms with van der Waals surface area (Å²) in [5.74, 6) is -0.488. The molecule has 0 bridgehead atoms. The van der Waals surface area contributed by atoms with Gasteiger partial charge in [0.2, 0.25) is 0 Å². The molecule has 192 valence electrons. The molecule has 14 heteroatoms. The zero-order chi connectivity index (χ0) is 25.6. The molecule has 2 fully saturated rings. The highest BCUT2D eigenvalue weighted by Gasteiger charge is 2.41. The molecule has 1 saturated carbocycles. The lowest BCUT2D eigenvalue weighted by atomic mass is 9.96. The highest BCUT2D eigenvalue weighted by molar-refractivity contribution is 7.13. The van der Waals surface area contributed by atoms with Crippen LogP contribution in [-0.4, -0.2) is 59.9 Å². The first-order chi connectivity index (χ1) is 17.8. The van der Waals surface area contributed by atoms with Crippen LogP contribution in [-0.2, 0) is 0 Å². The highest BCUT2D eigenvalue weighted by Crippen LogP contribution is 2.40. The molecular weight excluding hydrogens is 507 g/mol. The van der Waals surface area contributed by atoms with Gasteiger partial charge in [-0.25, -0.2) is 19.9 Å². The first-order valence-corrected chi connectivity index (χ1v) is 12.7. The Labute approximate surface area is 213 Å². The normalized spacial score (nSPS) is 16.8. The Morgan fingerprint density at radius 1 is 1.11 bits per heavy atom. The molecule has 37 heavy (non-hydrogen) atoms. The summed E-state index contributed by atoms with van der Waals surface area (Å²) in [7, 11) is 0. The summed E-state index contributed by atoms with van der Waals surface area (Å²) in [6.45, 7) is 0.496. The van der Waals surface area contributed by atoms with E-state index in [1.165, 1.54) is 17.7 Å². The van der Waals surface area contributed by atoms with Gasteiger partial charge >= 0.3 is 6.18 Å². The maximum Gasteiger partial charge on any atom is 0.391 e. The van der Waals surface area contributed by atoms with Gasteiger partial charge < -0.3 is 14.8 Å². The smallest absolute Gasteiger partial charge is 0.369 e. The highest BCUT2D eigenvalue weighted by atomic mass is 32.1. The van der Waals surface area contributed by atoms with Gasteiger partial charge in [-0.1, -0.05) is 0 Å². The number of pyridine rings is 1. The predicted octanol–water partition coefficient (Wildman–Crippen LogP) is 4.42. The molecule has 0 aromatic carbocycles. The standard InChI is InChI=1S/C23H22F3N9OS/c24-23(25,26)14-3-5-34(6-4-14)18-8-27-15(7-17(18)35-9-16(29-12-35)13-1-2-13)21(36)31-19-10-37-22(32-19)20-28-11-30-33-20/h7-14H,1-6H2,(H,31,36)(H,28,30,33). The summed E-state index contributed by atoms with van der Waals surface area (Å²) in [6, 6.07) is 1.64. The van der Waals surface area contributed by atoms with Crippen LogP contribution in [0.3, 0.4) is 0 Å². The van der Waals surface area contributed by atoms with Crippen molar-refractivity contribution in [1.29, 1.82) is 0 Å². The quantitative estimate of drug-likeness (QED) is 0.380. The van der Waals surface area contributed by atoms with E-state index in [0.717, 1.165) is 18.5 Å². The fraction of sp³-hybridized carbons (Fsp3) is 0.391. The summed E-state index contributed by atoms with van der Waals surface area (Å²) >= 11 is 1.30. The number of hydrogen-bond donors (Lipinski definition) is 2. The molecule has 1 aliphatic heterocycles. The number of H-pyrrole nitrogens is 1. The molecule has 10 nitrogen and oxygen atoms in total. The molecule has 2 aliphatic rings. The van der Waals surface area contributed by atoms with Crippen LogP contribution in [0.5, 0.6) is 0 Å². The number of halogens is 3. The van der Waals surface area contributed by atoms with Crippen LogP contribution in [0.1, 0.15) is 47.8 Å². The number of anilines is 2. The maximum absolute atomic E-state index is 13.2. The third-order valence-corrected chi connectivity index (χ3v) is 7.48. The molecule has 0 atom stereocenters. The van der Waals surface area contributed by atoms with Gasteiger partial charge in [-0.05, 0) is 31.7 Å². The van der Waals surface area contributed by atoms with Gasteiger partial charge in [0.25, 0.3) is 5.91 Å². The molecule has 0 spiro atoms. The van der Waals surface area contributed by atoms with Crippen molar-refractivity contribution in [2.24, 2.45) is 5.92 Å². The van der Waals surface area contributed by atoms with Crippen LogP contribution in [0.4, 0.5) is 24.7 Å². The number of amides is 1. The zero-order valence-electron chi connectivity index (χ0n) is 19.4. The molecule has 1 aliphatic carbocycles. The van der Waals surface area contributed by atoms with E-state index in [2.05, 4.69) is 35.5 Å². The monoisotopic (exact) mass is 529 g/mol. The fourth-order valence-electron chi connectivity index (χ4n) is 4.45. The van der Waals surface area contributed by atoms with E-state index in [1.807, 2.05) is 15.7 Å². The topological polar surface area (TPSA) is 118 Å². The van der Waals surface area contributed by atoms with E-state index in [0.29, 0.717) is 33.9 Å². The Bertz CT molecular complexity index is 1400. The molecule has 5 heterocycles. The van der Waals surface area contributed by atoms with E-state index in [1.54, 1.807) is 24.0 Å². The van der Waals surface area contributed by atoms with Gasteiger partial charge in [0, 0.05) is 30.6 Å². The van der Waals surface area contributed by atoms with Crippen LogP contribution in [0.25, 0.3) is 16.5 Å². The Kier molecular flexibility index (Phi) is 5.89. The summed E-state index contributed by atoms with van der Waals surface area (Å²) < 4.78 is 41.4. The summed E-state index contributed by atoms with van der Waals surface area (Å²) in [4.78, 5) is 32.2. The number of nitrogens with zero attached hydrogens (tertiary/aromatic N) is 7. The third-order valence-electron chi connectivity index (χ3n) is 6.63.